The van der Waals surface area contributed by atoms with Crippen molar-refractivity contribution in [3.8, 4) is 11.1 Å². The number of benzene rings is 4. The molecule has 4 aromatic carbocycles. The molecule has 1 aliphatic carbocycles. The predicted octanol–water partition coefficient (Wildman–Crippen LogP) is 5.80. The smallest absolute Gasteiger partial charge is 0.221 e. The third-order valence-electron chi connectivity index (χ3n) is 7.71. The first-order valence-electron chi connectivity index (χ1n) is 13.4. The molecule has 4 aromatic rings. The van der Waals surface area contributed by atoms with Gasteiger partial charge in [0.1, 0.15) is 0 Å². The van der Waals surface area contributed by atoms with Crippen molar-refractivity contribution >= 4 is 5.91 Å². The van der Waals surface area contributed by atoms with Gasteiger partial charge in [0.05, 0.1) is 12.1 Å². The van der Waals surface area contributed by atoms with Crippen molar-refractivity contribution < 1.29 is 9.90 Å². The van der Waals surface area contributed by atoms with Gasteiger partial charge < -0.3 is 15.7 Å². The summed E-state index contributed by atoms with van der Waals surface area (Å²) in [5.41, 5.74) is 6.69. The van der Waals surface area contributed by atoms with E-state index in [4.69, 9.17) is 0 Å². The molecule has 5 rings (SSSR count). The second kappa shape index (κ2) is 11.3. The van der Waals surface area contributed by atoms with Crippen LogP contribution in [0.15, 0.2) is 109 Å². The van der Waals surface area contributed by atoms with Crippen LogP contribution in [0.4, 0.5) is 0 Å². The second-order valence-corrected chi connectivity index (χ2v) is 10.7. The van der Waals surface area contributed by atoms with Gasteiger partial charge >= 0.3 is 0 Å². The summed E-state index contributed by atoms with van der Waals surface area (Å²) >= 11 is 0. The highest BCUT2D eigenvalue weighted by Crippen LogP contribution is 2.46. The van der Waals surface area contributed by atoms with E-state index < -0.39 is 12.1 Å². The third-order valence-corrected chi connectivity index (χ3v) is 7.71. The van der Waals surface area contributed by atoms with Crippen LogP contribution in [0.3, 0.4) is 0 Å². The van der Waals surface area contributed by atoms with Crippen LogP contribution < -0.4 is 10.6 Å². The van der Waals surface area contributed by atoms with Gasteiger partial charge in [-0.15, -0.1) is 0 Å². The molecule has 0 saturated heterocycles. The Labute approximate surface area is 225 Å². The summed E-state index contributed by atoms with van der Waals surface area (Å²) in [4.78, 5) is 13.5. The van der Waals surface area contributed by atoms with Crippen LogP contribution in [-0.2, 0) is 16.8 Å². The van der Waals surface area contributed by atoms with E-state index >= 15 is 0 Å². The molecule has 0 unspecified atom stereocenters. The Morgan fingerprint density at radius 2 is 1.32 bits per heavy atom. The first-order valence-corrected chi connectivity index (χ1v) is 13.4. The Morgan fingerprint density at radius 3 is 1.92 bits per heavy atom. The molecule has 2 atom stereocenters. The quantitative estimate of drug-likeness (QED) is 0.256. The number of aliphatic hydroxyl groups excluding tert-OH is 1. The molecular weight excluding hydrogens is 468 g/mol. The van der Waals surface area contributed by atoms with Crippen LogP contribution in [0.25, 0.3) is 11.1 Å². The van der Waals surface area contributed by atoms with Crippen LogP contribution in [0.5, 0.6) is 0 Å². The normalized spacial score (nSPS) is 14.4. The first-order chi connectivity index (χ1) is 18.4. The number of fused-ring (bicyclic) bond motifs is 3. The van der Waals surface area contributed by atoms with Crippen LogP contribution in [0.1, 0.15) is 48.4 Å². The zero-order valence-corrected chi connectivity index (χ0v) is 22.1. The summed E-state index contributed by atoms with van der Waals surface area (Å²) in [5.74, 6) is -0.0455. The Kier molecular flexibility index (Phi) is 7.73. The number of nitrogens with one attached hydrogen (secondary N) is 2. The highest BCUT2D eigenvalue weighted by molar-refractivity contribution is 5.84. The third kappa shape index (κ3) is 5.72. The number of hydrogen-bond acceptors (Lipinski definition) is 3. The van der Waals surface area contributed by atoms with Gasteiger partial charge in [-0.1, -0.05) is 109 Å². The average Bonchev–Trinajstić information content (AvgIpc) is 3.26. The van der Waals surface area contributed by atoms with Gasteiger partial charge in [-0.2, -0.15) is 0 Å². The number of rotatable bonds is 10. The maximum absolute atomic E-state index is 13.5. The number of aliphatic hydroxyl groups is 1. The van der Waals surface area contributed by atoms with E-state index in [-0.39, 0.29) is 17.4 Å². The molecule has 0 radical (unpaired) electrons. The molecule has 0 saturated carbocycles. The Balaban J connectivity index is 1.31. The number of carbonyl (C=O) groups excluding carboxylic acids is 1. The fraction of sp³-hybridized carbons (Fsp3) is 0.265. The van der Waals surface area contributed by atoms with Crippen LogP contribution in [0.2, 0.25) is 0 Å². The Morgan fingerprint density at radius 1 is 0.789 bits per heavy atom. The molecule has 0 aromatic heterocycles. The molecule has 4 nitrogen and oxygen atoms in total. The largest absolute Gasteiger partial charge is 0.390 e. The molecule has 0 aliphatic heterocycles. The van der Waals surface area contributed by atoms with E-state index in [0.717, 1.165) is 11.1 Å². The van der Waals surface area contributed by atoms with Gasteiger partial charge in [-0.05, 0) is 53.6 Å². The summed E-state index contributed by atoms with van der Waals surface area (Å²) in [6.07, 6.45) is 0.138. The maximum atomic E-state index is 13.5. The summed E-state index contributed by atoms with van der Waals surface area (Å²) in [5, 5.41) is 18.0. The highest BCUT2D eigenvalue weighted by Gasteiger charge is 2.31. The number of hydrogen-bond donors (Lipinski definition) is 3. The minimum atomic E-state index is -0.759. The summed E-state index contributed by atoms with van der Waals surface area (Å²) in [6, 6.07) is 36.5. The molecule has 1 aliphatic rings. The van der Waals surface area contributed by atoms with E-state index in [1.165, 1.54) is 22.3 Å². The fourth-order valence-electron chi connectivity index (χ4n) is 5.54. The molecule has 1 amide bonds. The van der Waals surface area contributed by atoms with Gasteiger partial charge in [0.15, 0.2) is 0 Å². The molecule has 194 valence electrons. The minimum absolute atomic E-state index is 0.00653. The maximum Gasteiger partial charge on any atom is 0.221 e. The summed E-state index contributed by atoms with van der Waals surface area (Å²) in [6.45, 7) is 4.57. The van der Waals surface area contributed by atoms with E-state index in [0.29, 0.717) is 19.4 Å². The zero-order chi connectivity index (χ0) is 26.5. The lowest BCUT2D eigenvalue weighted by molar-refractivity contribution is -0.122. The Hall–Kier alpha value is -3.73. The average molecular weight is 505 g/mol. The molecule has 0 heterocycles. The van der Waals surface area contributed by atoms with Crippen LogP contribution in [-0.4, -0.2) is 29.7 Å². The lowest BCUT2D eigenvalue weighted by Crippen LogP contribution is -2.51. The monoisotopic (exact) mass is 504 g/mol. The van der Waals surface area contributed by atoms with Gasteiger partial charge in [-0.25, -0.2) is 0 Å². The number of amides is 1. The lowest BCUT2D eigenvalue weighted by atomic mass is 9.92. The Bertz CT molecular complexity index is 1320. The van der Waals surface area contributed by atoms with Crippen molar-refractivity contribution in [2.75, 3.05) is 6.54 Å². The molecule has 4 heteroatoms. The van der Waals surface area contributed by atoms with E-state index in [9.17, 15) is 9.90 Å². The standard InChI is InChI=1S/C34H36N2O2/c1-34(2,25-15-7-4-8-16-25)35-23-32(37)31(21-24-13-5-3-6-14-24)36-33(38)22-30-28-19-11-9-17-26(28)27-18-10-12-20-29(27)30/h3-20,30-32,35,37H,21-23H2,1-2H3,(H,36,38)/t31-,32+/m0/s1. The molecule has 0 bridgehead atoms. The van der Waals surface area contributed by atoms with Crippen molar-refractivity contribution in [1.82, 2.24) is 10.6 Å². The topological polar surface area (TPSA) is 61.4 Å². The van der Waals surface area contributed by atoms with Gasteiger partial charge in [0, 0.05) is 24.4 Å². The fourth-order valence-corrected chi connectivity index (χ4v) is 5.54. The van der Waals surface area contributed by atoms with Crippen molar-refractivity contribution in [2.24, 2.45) is 0 Å². The lowest BCUT2D eigenvalue weighted by Gasteiger charge is -2.31. The predicted molar refractivity (Wildman–Crippen MR) is 154 cm³/mol. The SMILES string of the molecule is CC(C)(NC[C@@H](O)[C@H](Cc1ccccc1)NC(=O)CC1c2ccccc2-c2ccccc21)c1ccccc1. The van der Waals surface area contributed by atoms with Crippen LogP contribution >= 0.6 is 0 Å². The zero-order valence-electron chi connectivity index (χ0n) is 22.1. The highest BCUT2D eigenvalue weighted by atomic mass is 16.3. The van der Waals surface area contributed by atoms with Crippen molar-refractivity contribution in [3.05, 3.63) is 131 Å². The summed E-state index contributed by atoms with van der Waals surface area (Å²) in [7, 11) is 0. The minimum Gasteiger partial charge on any atom is -0.390 e. The summed E-state index contributed by atoms with van der Waals surface area (Å²) < 4.78 is 0. The second-order valence-electron chi connectivity index (χ2n) is 10.7. The van der Waals surface area contributed by atoms with Crippen molar-refractivity contribution in [2.45, 2.75) is 50.3 Å². The molecule has 0 fully saturated rings. The van der Waals surface area contributed by atoms with E-state index in [1.807, 2.05) is 72.8 Å². The van der Waals surface area contributed by atoms with Crippen LogP contribution in [0, 0.1) is 0 Å². The van der Waals surface area contributed by atoms with E-state index in [2.05, 4.69) is 60.9 Å². The van der Waals surface area contributed by atoms with Gasteiger partial charge in [0.25, 0.3) is 0 Å². The molecule has 38 heavy (non-hydrogen) atoms. The van der Waals surface area contributed by atoms with Crippen molar-refractivity contribution in [3.63, 3.8) is 0 Å². The van der Waals surface area contributed by atoms with Gasteiger partial charge in [-0.3, -0.25) is 4.79 Å². The van der Waals surface area contributed by atoms with Gasteiger partial charge in [0.2, 0.25) is 5.91 Å². The molecule has 0 spiro atoms. The molecular formula is C34H36N2O2. The van der Waals surface area contributed by atoms with Crippen molar-refractivity contribution in [1.29, 1.82) is 0 Å². The van der Waals surface area contributed by atoms with E-state index in [1.54, 1.807) is 0 Å². The first kappa shape index (κ1) is 25.9. The molecule has 3 N–H and O–H groups in total. The number of carbonyl (C=O) groups is 1.